The van der Waals surface area contributed by atoms with Crippen LogP contribution >= 0.6 is 12.4 Å². The highest BCUT2D eigenvalue weighted by molar-refractivity contribution is 5.85. The number of nitrogens with two attached hydrogens (primary N) is 1. The van der Waals surface area contributed by atoms with Crippen LogP contribution in [0.4, 0.5) is 0 Å². The van der Waals surface area contributed by atoms with Gasteiger partial charge in [0.2, 0.25) is 5.91 Å². The molecule has 3 nitrogen and oxygen atoms in total. The second kappa shape index (κ2) is 11.8. The lowest BCUT2D eigenvalue weighted by atomic mass is 9.97. The standard InChI is InChI=1S/C14H30N2O.ClH/c1-5-8-9-12(7-3)10-16-14(17)13(15)11(4)6-2;/h11-13H,5-10,15H2,1-4H3,(H,16,17);1H. The first kappa shape index (κ1) is 20.0. The molecule has 18 heavy (non-hydrogen) atoms. The number of carbonyl (C=O) groups excluding carboxylic acids is 1. The minimum atomic E-state index is -0.358. The zero-order valence-corrected chi connectivity index (χ0v) is 13.2. The largest absolute Gasteiger partial charge is 0.354 e. The molecule has 0 fully saturated rings. The van der Waals surface area contributed by atoms with E-state index in [0.29, 0.717) is 5.92 Å². The van der Waals surface area contributed by atoms with Gasteiger partial charge in [0.05, 0.1) is 6.04 Å². The maximum absolute atomic E-state index is 11.8. The molecule has 3 N–H and O–H groups in total. The van der Waals surface area contributed by atoms with E-state index in [0.717, 1.165) is 19.4 Å². The van der Waals surface area contributed by atoms with Crippen LogP contribution in [0.5, 0.6) is 0 Å². The van der Waals surface area contributed by atoms with E-state index in [-0.39, 0.29) is 30.3 Å². The monoisotopic (exact) mass is 278 g/mol. The van der Waals surface area contributed by atoms with Gasteiger partial charge in [-0.15, -0.1) is 12.4 Å². The van der Waals surface area contributed by atoms with Crippen LogP contribution in [0.2, 0.25) is 0 Å². The molecule has 1 amide bonds. The van der Waals surface area contributed by atoms with Crippen molar-refractivity contribution in [2.24, 2.45) is 17.6 Å². The summed E-state index contributed by atoms with van der Waals surface area (Å²) in [6, 6.07) is -0.358. The van der Waals surface area contributed by atoms with Gasteiger partial charge in [0.1, 0.15) is 0 Å². The zero-order valence-electron chi connectivity index (χ0n) is 12.4. The number of carbonyl (C=O) groups is 1. The molecule has 110 valence electrons. The first-order chi connectivity index (χ1) is 8.06. The smallest absolute Gasteiger partial charge is 0.237 e. The average molecular weight is 279 g/mol. The van der Waals surface area contributed by atoms with Gasteiger partial charge in [0.15, 0.2) is 0 Å². The van der Waals surface area contributed by atoms with Crippen LogP contribution in [-0.2, 0) is 4.79 Å². The molecule has 0 aliphatic rings. The Morgan fingerprint density at radius 1 is 1.22 bits per heavy atom. The fourth-order valence-corrected chi connectivity index (χ4v) is 1.82. The minimum absolute atomic E-state index is 0. The van der Waals surface area contributed by atoms with E-state index in [1.807, 2.05) is 6.92 Å². The number of unbranched alkanes of at least 4 members (excludes halogenated alkanes) is 1. The molecule has 0 radical (unpaired) electrons. The second-order valence-electron chi connectivity index (χ2n) is 5.07. The number of amides is 1. The Bertz CT molecular complexity index is 212. The molecule has 0 saturated heterocycles. The maximum Gasteiger partial charge on any atom is 0.237 e. The van der Waals surface area contributed by atoms with E-state index in [9.17, 15) is 4.79 Å². The second-order valence-corrected chi connectivity index (χ2v) is 5.07. The van der Waals surface area contributed by atoms with Gasteiger partial charge >= 0.3 is 0 Å². The first-order valence-electron chi connectivity index (χ1n) is 7.09. The predicted octanol–water partition coefficient (Wildman–Crippen LogP) is 3.11. The Balaban J connectivity index is 0. The van der Waals surface area contributed by atoms with Gasteiger partial charge in [-0.25, -0.2) is 0 Å². The maximum atomic E-state index is 11.8. The van der Waals surface area contributed by atoms with Crippen molar-refractivity contribution in [3.63, 3.8) is 0 Å². The molecule has 0 bridgehead atoms. The van der Waals surface area contributed by atoms with Gasteiger partial charge in [-0.2, -0.15) is 0 Å². The molecular formula is C14H31ClN2O. The summed E-state index contributed by atoms with van der Waals surface area (Å²) in [5.41, 5.74) is 5.89. The third-order valence-electron chi connectivity index (χ3n) is 3.67. The van der Waals surface area contributed by atoms with Crippen molar-refractivity contribution >= 4 is 18.3 Å². The number of rotatable bonds is 9. The number of hydrogen-bond acceptors (Lipinski definition) is 2. The lowest BCUT2D eigenvalue weighted by Gasteiger charge is -2.20. The SMILES string of the molecule is CCCCC(CC)CNC(=O)C(N)C(C)CC.Cl. The number of hydrogen-bond donors (Lipinski definition) is 2. The summed E-state index contributed by atoms with van der Waals surface area (Å²) in [4.78, 5) is 11.8. The predicted molar refractivity (Wildman–Crippen MR) is 81.0 cm³/mol. The zero-order chi connectivity index (χ0) is 13.3. The molecule has 4 heteroatoms. The first-order valence-corrected chi connectivity index (χ1v) is 7.09. The van der Waals surface area contributed by atoms with Crippen LogP contribution in [0.15, 0.2) is 0 Å². The van der Waals surface area contributed by atoms with Gasteiger partial charge in [0, 0.05) is 6.54 Å². The Kier molecular flexibility index (Phi) is 13.1. The molecular weight excluding hydrogens is 248 g/mol. The van der Waals surface area contributed by atoms with Gasteiger partial charge in [-0.05, 0) is 18.3 Å². The summed E-state index contributed by atoms with van der Waals surface area (Å²) in [6.07, 6.45) is 5.73. The van der Waals surface area contributed by atoms with E-state index in [1.54, 1.807) is 0 Å². The van der Waals surface area contributed by atoms with Crippen molar-refractivity contribution in [1.29, 1.82) is 0 Å². The summed E-state index contributed by atoms with van der Waals surface area (Å²) in [7, 11) is 0. The van der Waals surface area contributed by atoms with Crippen molar-refractivity contribution < 1.29 is 4.79 Å². The molecule has 0 aromatic carbocycles. The fraction of sp³-hybridized carbons (Fsp3) is 0.929. The van der Waals surface area contributed by atoms with E-state index in [2.05, 4.69) is 26.1 Å². The van der Waals surface area contributed by atoms with E-state index in [1.165, 1.54) is 19.3 Å². The third-order valence-corrected chi connectivity index (χ3v) is 3.67. The molecule has 0 aliphatic carbocycles. The van der Waals surface area contributed by atoms with Crippen molar-refractivity contribution in [1.82, 2.24) is 5.32 Å². The van der Waals surface area contributed by atoms with Gasteiger partial charge in [-0.3, -0.25) is 4.79 Å². The van der Waals surface area contributed by atoms with E-state index in [4.69, 9.17) is 5.73 Å². The summed E-state index contributed by atoms with van der Waals surface area (Å²) in [5, 5.41) is 2.99. The van der Waals surface area contributed by atoms with Crippen LogP contribution < -0.4 is 11.1 Å². The number of halogens is 1. The Hall–Kier alpha value is -0.280. The lowest BCUT2D eigenvalue weighted by Crippen LogP contribution is -2.45. The molecule has 3 unspecified atom stereocenters. The third kappa shape index (κ3) is 7.93. The Morgan fingerprint density at radius 2 is 1.83 bits per heavy atom. The van der Waals surface area contributed by atoms with Crippen LogP contribution in [-0.4, -0.2) is 18.5 Å². The van der Waals surface area contributed by atoms with Gasteiger partial charge < -0.3 is 11.1 Å². The molecule has 0 spiro atoms. The van der Waals surface area contributed by atoms with Crippen molar-refractivity contribution in [3.8, 4) is 0 Å². The topological polar surface area (TPSA) is 55.1 Å². The molecule has 0 saturated carbocycles. The number of nitrogens with one attached hydrogen (secondary N) is 1. The highest BCUT2D eigenvalue weighted by Gasteiger charge is 2.19. The Labute approximate surface area is 119 Å². The van der Waals surface area contributed by atoms with Crippen LogP contribution in [0.1, 0.15) is 59.8 Å². The van der Waals surface area contributed by atoms with Gasteiger partial charge in [0.25, 0.3) is 0 Å². The fourth-order valence-electron chi connectivity index (χ4n) is 1.82. The minimum Gasteiger partial charge on any atom is -0.354 e. The lowest BCUT2D eigenvalue weighted by molar-refractivity contribution is -0.123. The molecule has 0 heterocycles. The highest BCUT2D eigenvalue weighted by atomic mass is 35.5. The Morgan fingerprint density at radius 3 is 2.28 bits per heavy atom. The average Bonchev–Trinajstić information content (AvgIpc) is 2.36. The quantitative estimate of drug-likeness (QED) is 0.681. The van der Waals surface area contributed by atoms with Crippen LogP contribution in [0.25, 0.3) is 0 Å². The van der Waals surface area contributed by atoms with Crippen molar-refractivity contribution in [2.45, 2.75) is 65.8 Å². The highest BCUT2D eigenvalue weighted by Crippen LogP contribution is 2.11. The molecule has 3 atom stereocenters. The normalized spacial score (nSPS) is 15.4. The molecule has 0 rings (SSSR count). The van der Waals surface area contributed by atoms with Crippen LogP contribution in [0.3, 0.4) is 0 Å². The summed E-state index contributed by atoms with van der Waals surface area (Å²) in [5.74, 6) is 0.864. The van der Waals surface area contributed by atoms with Crippen LogP contribution in [0, 0.1) is 11.8 Å². The van der Waals surface area contributed by atoms with Crippen molar-refractivity contribution in [3.05, 3.63) is 0 Å². The molecule has 0 aliphatic heterocycles. The summed E-state index contributed by atoms with van der Waals surface area (Å²) in [6.45, 7) is 9.25. The molecule has 0 aromatic rings. The summed E-state index contributed by atoms with van der Waals surface area (Å²) >= 11 is 0. The van der Waals surface area contributed by atoms with E-state index >= 15 is 0 Å². The van der Waals surface area contributed by atoms with E-state index < -0.39 is 0 Å². The molecule has 0 aromatic heterocycles. The van der Waals surface area contributed by atoms with Crippen molar-refractivity contribution in [2.75, 3.05) is 6.54 Å². The van der Waals surface area contributed by atoms with Gasteiger partial charge in [-0.1, -0.05) is 53.4 Å². The summed E-state index contributed by atoms with van der Waals surface area (Å²) < 4.78 is 0.